The number of carbonyl (C=O) groups is 2. The summed E-state index contributed by atoms with van der Waals surface area (Å²) in [5.74, 6) is 5.80. The highest BCUT2D eigenvalue weighted by atomic mass is 16.2. The SMILES string of the molecule is CC(=O)N1C=Cc2ccccc2[C@@H]1CC(=O)Nc1cccc(C#Cc2ccccn2)c1. The van der Waals surface area contributed by atoms with Crippen LogP contribution in [-0.4, -0.2) is 21.7 Å². The van der Waals surface area contributed by atoms with Crippen LogP contribution in [0.2, 0.25) is 0 Å². The van der Waals surface area contributed by atoms with Crippen LogP contribution in [-0.2, 0) is 9.59 Å². The second kappa shape index (κ2) is 9.10. The van der Waals surface area contributed by atoms with Crippen LogP contribution in [0, 0.1) is 11.8 Å². The van der Waals surface area contributed by atoms with Gasteiger partial charge in [-0.2, -0.15) is 0 Å². The van der Waals surface area contributed by atoms with E-state index in [1.165, 1.54) is 6.92 Å². The average Bonchev–Trinajstić information content (AvgIpc) is 2.78. The van der Waals surface area contributed by atoms with E-state index in [1.54, 1.807) is 17.3 Å². The maximum Gasteiger partial charge on any atom is 0.226 e. The van der Waals surface area contributed by atoms with Crippen molar-refractivity contribution >= 4 is 23.6 Å². The molecule has 1 aliphatic heterocycles. The summed E-state index contributed by atoms with van der Waals surface area (Å²) in [6.45, 7) is 1.51. The zero-order valence-electron chi connectivity index (χ0n) is 17.1. The number of benzene rings is 2. The normalized spacial score (nSPS) is 14.2. The third-order valence-electron chi connectivity index (χ3n) is 4.99. The topological polar surface area (TPSA) is 62.3 Å². The molecule has 1 N–H and O–H groups in total. The molecule has 0 saturated carbocycles. The van der Waals surface area contributed by atoms with Crippen molar-refractivity contribution in [2.75, 3.05) is 5.32 Å². The standard InChI is InChI=1S/C26H21N3O2/c1-19(30)29-16-14-21-8-2-3-11-24(21)25(29)18-26(31)28-23-10-6-7-20(17-23)12-13-22-9-4-5-15-27-22/h2-11,14-17,25H,18H2,1H3,(H,28,31)/t25-/m0/s1. The third-order valence-corrected chi connectivity index (χ3v) is 4.99. The number of anilines is 1. The van der Waals surface area contributed by atoms with Crippen molar-refractivity contribution < 1.29 is 9.59 Å². The van der Waals surface area contributed by atoms with Gasteiger partial charge in [0.05, 0.1) is 12.5 Å². The first-order valence-corrected chi connectivity index (χ1v) is 9.99. The van der Waals surface area contributed by atoms with E-state index in [-0.39, 0.29) is 24.3 Å². The molecule has 0 aliphatic carbocycles. The van der Waals surface area contributed by atoms with Crippen LogP contribution in [0.15, 0.2) is 79.1 Å². The van der Waals surface area contributed by atoms with E-state index in [0.29, 0.717) is 11.4 Å². The largest absolute Gasteiger partial charge is 0.326 e. The maximum atomic E-state index is 12.8. The number of carbonyl (C=O) groups excluding carboxylic acids is 2. The van der Waals surface area contributed by atoms with Crippen molar-refractivity contribution in [1.29, 1.82) is 0 Å². The molecule has 2 heterocycles. The van der Waals surface area contributed by atoms with E-state index in [0.717, 1.165) is 16.7 Å². The van der Waals surface area contributed by atoms with Crippen molar-refractivity contribution in [1.82, 2.24) is 9.88 Å². The molecule has 2 aromatic carbocycles. The molecule has 4 rings (SSSR count). The summed E-state index contributed by atoms with van der Waals surface area (Å²) in [4.78, 5) is 30.7. The molecule has 0 unspecified atom stereocenters. The summed E-state index contributed by atoms with van der Waals surface area (Å²) >= 11 is 0. The molecule has 0 radical (unpaired) electrons. The predicted molar refractivity (Wildman–Crippen MR) is 121 cm³/mol. The molecule has 1 aliphatic rings. The molecule has 5 nitrogen and oxygen atoms in total. The van der Waals surface area contributed by atoms with Crippen LogP contribution in [0.3, 0.4) is 0 Å². The first kappa shape index (κ1) is 20.1. The van der Waals surface area contributed by atoms with Gasteiger partial charge in [-0.1, -0.05) is 42.3 Å². The highest BCUT2D eigenvalue weighted by molar-refractivity contribution is 5.92. The number of nitrogens with zero attached hydrogens (tertiary/aromatic N) is 2. The van der Waals surface area contributed by atoms with Crippen LogP contribution in [0.1, 0.15) is 41.8 Å². The zero-order valence-corrected chi connectivity index (χ0v) is 17.1. The number of aromatic nitrogens is 1. The number of hydrogen-bond donors (Lipinski definition) is 1. The molecule has 0 spiro atoms. The number of pyridine rings is 1. The number of hydrogen-bond acceptors (Lipinski definition) is 3. The van der Waals surface area contributed by atoms with E-state index >= 15 is 0 Å². The Morgan fingerprint density at radius 3 is 2.68 bits per heavy atom. The van der Waals surface area contributed by atoms with E-state index in [1.807, 2.05) is 72.8 Å². The molecule has 3 aromatic rings. The van der Waals surface area contributed by atoms with Gasteiger partial charge >= 0.3 is 0 Å². The molecule has 5 heteroatoms. The molecular weight excluding hydrogens is 386 g/mol. The van der Waals surface area contributed by atoms with Crippen LogP contribution in [0.4, 0.5) is 5.69 Å². The van der Waals surface area contributed by atoms with Crippen molar-refractivity contribution in [3.63, 3.8) is 0 Å². The highest BCUT2D eigenvalue weighted by Crippen LogP contribution is 2.33. The van der Waals surface area contributed by atoms with Crippen molar-refractivity contribution in [2.24, 2.45) is 0 Å². The summed E-state index contributed by atoms with van der Waals surface area (Å²) in [5.41, 5.74) is 4.10. The van der Waals surface area contributed by atoms with E-state index in [4.69, 9.17) is 0 Å². The van der Waals surface area contributed by atoms with Gasteiger partial charge < -0.3 is 10.2 Å². The number of nitrogens with one attached hydrogen (secondary N) is 1. The Kier molecular flexibility index (Phi) is 5.91. The van der Waals surface area contributed by atoms with Gasteiger partial charge in [0.1, 0.15) is 5.69 Å². The lowest BCUT2D eigenvalue weighted by atomic mass is 9.93. The lowest BCUT2D eigenvalue weighted by molar-refractivity contribution is -0.129. The molecule has 0 saturated heterocycles. The van der Waals surface area contributed by atoms with Gasteiger partial charge in [0.25, 0.3) is 0 Å². The Morgan fingerprint density at radius 1 is 1.03 bits per heavy atom. The van der Waals surface area contributed by atoms with Gasteiger partial charge in [-0.05, 0) is 53.5 Å². The molecular formula is C26H21N3O2. The molecule has 1 atom stereocenters. The van der Waals surface area contributed by atoms with Crippen molar-refractivity contribution in [2.45, 2.75) is 19.4 Å². The van der Waals surface area contributed by atoms with E-state index < -0.39 is 0 Å². The molecule has 1 aromatic heterocycles. The van der Waals surface area contributed by atoms with Gasteiger partial charge in [-0.15, -0.1) is 0 Å². The molecule has 0 bridgehead atoms. The minimum atomic E-state index is -0.342. The fourth-order valence-electron chi connectivity index (χ4n) is 3.55. The molecule has 31 heavy (non-hydrogen) atoms. The Hall–Kier alpha value is -4.17. The Morgan fingerprint density at radius 2 is 1.87 bits per heavy atom. The second-order valence-electron chi connectivity index (χ2n) is 7.18. The minimum Gasteiger partial charge on any atom is -0.326 e. The van der Waals surface area contributed by atoms with Crippen LogP contribution >= 0.6 is 0 Å². The summed E-state index contributed by atoms with van der Waals surface area (Å²) in [6.07, 6.45) is 5.50. The summed E-state index contributed by atoms with van der Waals surface area (Å²) < 4.78 is 0. The lowest BCUT2D eigenvalue weighted by Crippen LogP contribution is -2.33. The zero-order chi connectivity index (χ0) is 21.6. The second-order valence-corrected chi connectivity index (χ2v) is 7.18. The summed E-state index contributed by atoms with van der Waals surface area (Å²) in [6, 6.07) is 20.4. The highest BCUT2D eigenvalue weighted by Gasteiger charge is 2.28. The Labute approximate surface area is 181 Å². The van der Waals surface area contributed by atoms with Crippen molar-refractivity contribution in [3.8, 4) is 11.8 Å². The molecule has 2 amide bonds. The smallest absolute Gasteiger partial charge is 0.226 e. The summed E-state index contributed by atoms with van der Waals surface area (Å²) in [7, 11) is 0. The van der Waals surface area contributed by atoms with E-state index in [2.05, 4.69) is 22.1 Å². The first-order chi connectivity index (χ1) is 15.1. The van der Waals surface area contributed by atoms with Gasteiger partial charge in [-0.3, -0.25) is 9.59 Å². The van der Waals surface area contributed by atoms with Crippen LogP contribution in [0.5, 0.6) is 0 Å². The fourth-order valence-corrected chi connectivity index (χ4v) is 3.55. The van der Waals surface area contributed by atoms with Crippen molar-refractivity contribution in [3.05, 3.63) is 102 Å². The number of fused-ring (bicyclic) bond motifs is 1. The van der Waals surface area contributed by atoms with E-state index in [9.17, 15) is 9.59 Å². The Balaban J connectivity index is 1.49. The van der Waals surface area contributed by atoms with Gasteiger partial charge in [0.15, 0.2) is 0 Å². The molecule has 0 fully saturated rings. The number of amides is 2. The van der Waals surface area contributed by atoms with Crippen LogP contribution in [0.25, 0.3) is 6.08 Å². The minimum absolute atomic E-state index is 0.102. The predicted octanol–water partition coefficient (Wildman–Crippen LogP) is 4.38. The average molecular weight is 407 g/mol. The number of rotatable bonds is 3. The molecule has 152 valence electrons. The summed E-state index contributed by atoms with van der Waals surface area (Å²) in [5, 5.41) is 2.93. The third kappa shape index (κ3) is 4.88. The van der Waals surface area contributed by atoms with Gasteiger partial charge in [0, 0.05) is 30.6 Å². The monoisotopic (exact) mass is 407 g/mol. The van der Waals surface area contributed by atoms with Gasteiger partial charge in [0.2, 0.25) is 11.8 Å². The van der Waals surface area contributed by atoms with Crippen LogP contribution < -0.4 is 5.32 Å². The lowest BCUT2D eigenvalue weighted by Gasteiger charge is -2.32. The Bertz CT molecular complexity index is 1210. The quantitative estimate of drug-likeness (QED) is 0.655. The maximum absolute atomic E-state index is 12.8. The van der Waals surface area contributed by atoms with Gasteiger partial charge in [-0.25, -0.2) is 4.98 Å². The first-order valence-electron chi connectivity index (χ1n) is 9.99. The fraction of sp³-hybridized carbons (Fsp3) is 0.115.